The van der Waals surface area contributed by atoms with Gasteiger partial charge in [0.05, 0.1) is 22.4 Å². The normalized spacial score (nSPS) is 16.8. The molecule has 2 aromatic rings. The first kappa shape index (κ1) is 21.6. The Balaban J connectivity index is 0.00000261. The molecular weight excluding hydrogens is 396 g/mol. The van der Waals surface area contributed by atoms with E-state index in [2.05, 4.69) is 20.0 Å². The summed E-state index contributed by atoms with van der Waals surface area (Å²) in [7, 11) is -2.20. The number of nitrogens with one attached hydrogen (secondary N) is 4. The molecule has 0 bridgehead atoms. The second-order valence-corrected chi connectivity index (χ2v) is 8.39. The van der Waals surface area contributed by atoms with Crippen LogP contribution in [0, 0.1) is 5.41 Å². The molecule has 0 saturated carbocycles. The van der Waals surface area contributed by atoms with Gasteiger partial charge in [0.15, 0.2) is 0 Å². The Labute approximate surface area is 162 Å². The molecule has 0 unspecified atom stereocenters. The van der Waals surface area contributed by atoms with Crippen molar-refractivity contribution < 1.29 is 13.2 Å². The van der Waals surface area contributed by atoms with Crippen LogP contribution in [0.3, 0.4) is 0 Å². The highest BCUT2D eigenvalue weighted by Gasteiger charge is 2.33. The predicted octanol–water partition coefficient (Wildman–Crippen LogP) is -0.0673. The van der Waals surface area contributed by atoms with Gasteiger partial charge in [0.25, 0.3) is 5.56 Å². The van der Waals surface area contributed by atoms with E-state index < -0.39 is 21.3 Å². The SMILES string of the molecule is COCC1(CNS(=O)(=O)c2ccc3[nH]c(=O)[nH]c(=O)c3c2)CCNCC1.Cl. The Kier molecular flexibility index (Phi) is 6.82. The van der Waals surface area contributed by atoms with E-state index in [4.69, 9.17) is 4.74 Å². The lowest BCUT2D eigenvalue weighted by Gasteiger charge is -2.37. The molecule has 3 rings (SSSR count). The smallest absolute Gasteiger partial charge is 0.326 e. The molecular formula is C16H23ClN4O5S. The number of sulfonamides is 1. The number of hydrogen-bond donors (Lipinski definition) is 4. The fourth-order valence-corrected chi connectivity index (χ4v) is 4.46. The minimum absolute atomic E-state index is 0. The van der Waals surface area contributed by atoms with Gasteiger partial charge in [-0.05, 0) is 44.1 Å². The topological polar surface area (TPSA) is 133 Å². The van der Waals surface area contributed by atoms with Crippen LogP contribution in [0.2, 0.25) is 0 Å². The summed E-state index contributed by atoms with van der Waals surface area (Å²) in [6, 6.07) is 4.04. The van der Waals surface area contributed by atoms with Crippen LogP contribution >= 0.6 is 12.4 Å². The highest BCUT2D eigenvalue weighted by atomic mass is 35.5. The third-order valence-corrected chi connectivity index (χ3v) is 6.17. The van der Waals surface area contributed by atoms with Crippen molar-refractivity contribution >= 4 is 33.3 Å². The Morgan fingerprint density at radius 3 is 2.56 bits per heavy atom. The van der Waals surface area contributed by atoms with Crippen LogP contribution in [0.25, 0.3) is 10.9 Å². The number of ether oxygens (including phenoxy) is 1. The van der Waals surface area contributed by atoms with Crippen LogP contribution in [0.1, 0.15) is 12.8 Å². The van der Waals surface area contributed by atoms with E-state index in [1.807, 2.05) is 0 Å². The van der Waals surface area contributed by atoms with Crippen molar-refractivity contribution in [1.29, 1.82) is 0 Å². The van der Waals surface area contributed by atoms with Crippen molar-refractivity contribution in [3.63, 3.8) is 0 Å². The number of fused-ring (bicyclic) bond motifs is 1. The van der Waals surface area contributed by atoms with Crippen molar-refractivity contribution in [3.05, 3.63) is 39.0 Å². The summed E-state index contributed by atoms with van der Waals surface area (Å²) in [5.41, 5.74) is -1.24. The van der Waals surface area contributed by atoms with Gasteiger partial charge in [-0.3, -0.25) is 9.78 Å². The maximum absolute atomic E-state index is 12.7. The molecule has 0 aliphatic carbocycles. The first-order chi connectivity index (χ1) is 12.4. The van der Waals surface area contributed by atoms with Gasteiger partial charge in [0.2, 0.25) is 10.0 Å². The molecule has 1 aliphatic rings. The summed E-state index contributed by atoms with van der Waals surface area (Å²) in [6.45, 7) is 2.34. The Bertz CT molecular complexity index is 1010. The number of piperidine rings is 1. The van der Waals surface area contributed by atoms with Crippen LogP contribution in [0.15, 0.2) is 32.7 Å². The monoisotopic (exact) mass is 418 g/mol. The quantitative estimate of drug-likeness (QED) is 0.519. The van der Waals surface area contributed by atoms with E-state index in [-0.39, 0.29) is 40.2 Å². The van der Waals surface area contributed by atoms with E-state index in [0.717, 1.165) is 25.9 Å². The largest absolute Gasteiger partial charge is 0.384 e. The summed E-state index contributed by atoms with van der Waals surface area (Å²) in [6.07, 6.45) is 1.62. The van der Waals surface area contributed by atoms with Crippen LogP contribution in [0.4, 0.5) is 0 Å². The van der Waals surface area contributed by atoms with Crippen molar-refractivity contribution in [2.75, 3.05) is 33.4 Å². The van der Waals surface area contributed by atoms with Crippen LogP contribution in [0.5, 0.6) is 0 Å². The fraction of sp³-hybridized carbons (Fsp3) is 0.500. The molecule has 0 spiro atoms. The molecule has 0 radical (unpaired) electrons. The third kappa shape index (κ3) is 4.77. The van der Waals surface area contributed by atoms with Gasteiger partial charge in [-0.15, -0.1) is 12.4 Å². The van der Waals surface area contributed by atoms with E-state index >= 15 is 0 Å². The lowest BCUT2D eigenvalue weighted by Crippen LogP contribution is -2.47. The van der Waals surface area contributed by atoms with E-state index in [0.29, 0.717) is 6.61 Å². The van der Waals surface area contributed by atoms with Crippen LogP contribution in [-0.4, -0.2) is 51.7 Å². The Morgan fingerprint density at radius 2 is 1.89 bits per heavy atom. The van der Waals surface area contributed by atoms with Crippen LogP contribution < -0.4 is 21.3 Å². The minimum atomic E-state index is -3.81. The zero-order valence-corrected chi connectivity index (χ0v) is 16.5. The summed E-state index contributed by atoms with van der Waals surface area (Å²) < 4.78 is 33.3. The maximum Gasteiger partial charge on any atom is 0.326 e. The number of aromatic nitrogens is 2. The molecule has 1 aromatic heterocycles. The van der Waals surface area contributed by atoms with E-state index in [1.54, 1.807) is 7.11 Å². The highest BCUT2D eigenvalue weighted by Crippen LogP contribution is 2.29. The average Bonchev–Trinajstić information content (AvgIpc) is 2.61. The molecule has 0 atom stereocenters. The first-order valence-electron chi connectivity index (χ1n) is 8.31. The number of benzene rings is 1. The first-order valence-corrected chi connectivity index (χ1v) is 9.79. The number of methoxy groups -OCH3 is 1. The summed E-state index contributed by atoms with van der Waals surface area (Å²) in [5, 5.41) is 3.37. The lowest BCUT2D eigenvalue weighted by molar-refractivity contribution is 0.0577. The average molecular weight is 419 g/mol. The van der Waals surface area contributed by atoms with Crippen molar-refractivity contribution in [2.24, 2.45) is 5.41 Å². The Hall–Kier alpha value is -1.72. The van der Waals surface area contributed by atoms with Crippen molar-refractivity contribution in [3.8, 4) is 0 Å². The molecule has 0 amide bonds. The van der Waals surface area contributed by atoms with Gasteiger partial charge < -0.3 is 15.0 Å². The summed E-state index contributed by atoms with van der Waals surface area (Å²) in [5.74, 6) is 0. The lowest BCUT2D eigenvalue weighted by atomic mass is 9.80. The summed E-state index contributed by atoms with van der Waals surface area (Å²) >= 11 is 0. The van der Waals surface area contributed by atoms with Gasteiger partial charge in [-0.1, -0.05) is 0 Å². The number of aromatic amines is 2. The fourth-order valence-electron chi connectivity index (χ4n) is 3.28. The zero-order valence-electron chi connectivity index (χ0n) is 14.8. The zero-order chi connectivity index (χ0) is 18.8. The highest BCUT2D eigenvalue weighted by molar-refractivity contribution is 7.89. The molecule has 11 heteroatoms. The van der Waals surface area contributed by atoms with Crippen molar-refractivity contribution in [2.45, 2.75) is 17.7 Å². The molecule has 1 aliphatic heterocycles. The van der Waals surface area contributed by atoms with Gasteiger partial charge in [-0.2, -0.15) is 0 Å². The van der Waals surface area contributed by atoms with Crippen molar-refractivity contribution in [1.82, 2.24) is 20.0 Å². The molecule has 27 heavy (non-hydrogen) atoms. The Morgan fingerprint density at radius 1 is 1.19 bits per heavy atom. The maximum atomic E-state index is 12.7. The van der Waals surface area contributed by atoms with E-state index in [1.165, 1.54) is 18.2 Å². The summed E-state index contributed by atoms with van der Waals surface area (Å²) in [4.78, 5) is 27.7. The third-order valence-electron chi connectivity index (χ3n) is 4.77. The van der Waals surface area contributed by atoms with Crippen LogP contribution in [-0.2, 0) is 14.8 Å². The van der Waals surface area contributed by atoms with Gasteiger partial charge in [-0.25, -0.2) is 17.9 Å². The predicted molar refractivity (Wildman–Crippen MR) is 104 cm³/mol. The number of hydrogen-bond acceptors (Lipinski definition) is 6. The van der Waals surface area contributed by atoms with E-state index in [9.17, 15) is 18.0 Å². The molecule has 9 nitrogen and oxygen atoms in total. The molecule has 150 valence electrons. The second-order valence-electron chi connectivity index (χ2n) is 6.62. The number of halogens is 1. The van der Waals surface area contributed by atoms with Gasteiger partial charge >= 0.3 is 5.69 Å². The molecule has 1 saturated heterocycles. The molecule has 1 aromatic carbocycles. The molecule has 2 heterocycles. The molecule has 1 fully saturated rings. The second kappa shape index (κ2) is 8.53. The number of rotatable bonds is 6. The molecule has 4 N–H and O–H groups in total. The number of H-pyrrole nitrogens is 2. The van der Waals surface area contributed by atoms with Gasteiger partial charge in [0, 0.05) is 19.1 Å². The standard InChI is InChI=1S/C16H22N4O5S.ClH/c1-25-10-16(4-6-17-7-5-16)9-18-26(23,24)11-2-3-13-12(8-11)14(21)20-15(22)19-13;/h2-3,8,17-18H,4-7,9-10H2,1H3,(H2,19,20,21,22);1H. The van der Waals surface area contributed by atoms with Gasteiger partial charge in [0.1, 0.15) is 0 Å². The minimum Gasteiger partial charge on any atom is -0.384 e.